The number of hydrogen-bond donors (Lipinski definition) is 1. The van der Waals surface area contributed by atoms with Crippen molar-refractivity contribution < 1.29 is 14.7 Å². The van der Waals surface area contributed by atoms with Gasteiger partial charge in [0.15, 0.2) is 0 Å². The van der Waals surface area contributed by atoms with Crippen LogP contribution in [0.15, 0.2) is 24.3 Å². The molecule has 0 bridgehead atoms. The van der Waals surface area contributed by atoms with Gasteiger partial charge in [0.05, 0.1) is 6.42 Å². The van der Waals surface area contributed by atoms with Crippen molar-refractivity contribution in [1.82, 2.24) is 4.90 Å². The molecule has 0 fully saturated rings. The number of rotatable bonds is 7. The quantitative estimate of drug-likeness (QED) is 0.825. The second-order valence-corrected chi connectivity index (χ2v) is 5.03. The molecule has 1 rings (SSSR count). The van der Waals surface area contributed by atoms with Crippen LogP contribution in [0, 0.1) is 6.92 Å². The van der Waals surface area contributed by atoms with E-state index in [4.69, 9.17) is 5.11 Å². The van der Waals surface area contributed by atoms with E-state index in [1.807, 2.05) is 50.2 Å². The summed E-state index contributed by atoms with van der Waals surface area (Å²) in [7, 11) is 3.81. The van der Waals surface area contributed by atoms with E-state index >= 15 is 0 Å². The highest BCUT2D eigenvalue weighted by Gasteiger charge is 2.18. The number of benzene rings is 1. The summed E-state index contributed by atoms with van der Waals surface area (Å²) < 4.78 is 0. The zero-order valence-electron chi connectivity index (χ0n) is 12.3. The highest BCUT2D eigenvalue weighted by molar-refractivity contribution is 5.94. The second kappa shape index (κ2) is 7.65. The molecule has 0 aliphatic heterocycles. The smallest absolute Gasteiger partial charge is 0.305 e. The standard InChI is InChI=1S/C15H22N2O3/c1-12-6-4-5-7-13(12)17(11-9-15(19)20)14(18)8-10-16(2)3/h4-7H,8-11H2,1-3H3,(H,19,20). The van der Waals surface area contributed by atoms with Crippen LogP contribution < -0.4 is 4.90 Å². The normalized spacial score (nSPS) is 10.6. The molecule has 1 aromatic rings. The van der Waals surface area contributed by atoms with E-state index in [2.05, 4.69) is 0 Å². The summed E-state index contributed by atoms with van der Waals surface area (Å²) in [6.07, 6.45) is 0.322. The molecule has 0 spiro atoms. The van der Waals surface area contributed by atoms with E-state index in [0.29, 0.717) is 13.0 Å². The Morgan fingerprint density at radius 1 is 1.10 bits per heavy atom. The molecule has 0 aliphatic carbocycles. The molecule has 0 saturated carbocycles. The first-order chi connectivity index (χ1) is 9.41. The van der Waals surface area contributed by atoms with Crippen LogP contribution in [0.1, 0.15) is 18.4 Å². The molecule has 0 unspecified atom stereocenters. The van der Waals surface area contributed by atoms with Crippen LogP contribution in [0.4, 0.5) is 5.69 Å². The van der Waals surface area contributed by atoms with Crippen molar-refractivity contribution in [1.29, 1.82) is 0 Å². The molecular formula is C15H22N2O3. The van der Waals surface area contributed by atoms with Gasteiger partial charge in [-0.25, -0.2) is 0 Å². The molecule has 0 heterocycles. The van der Waals surface area contributed by atoms with Gasteiger partial charge in [-0.15, -0.1) is 0 Å². The van der Waals surface area contributed by atoms with Gasteiger partial charge in [0, 0.05) is 25.2 Å². The van der Waals surface area contributed by atoms with Crippen molar-refractivity contribution in [3.63, 3.8) is 0 Å². The Kier molecular flexibility index (Phi) is 6.18. The molecule has 1 N–H and O–H groups in total. The third-order valence-corrected chi connectivity index (χ3v) is 3.03. The maximum Gasteiger partial charge on any atom is 0.305 e. The molecule has 0 radical (unpaired) electrons. The van der Waals surface area contributed by atoms with Crippen molar-refractivity contribution >= 4 is 17.6 Å². The topological polar surface area (TPSA) is 60.9 Å². The van der Waals surface area contributed by atoms with Gasteiger partial charge in [-0.05, 0) is 32.6 Å². The molecule has 5 heteroatoms. The van der Waals surface area contributed by atoms with Gasteiger partial charge in [-0.1, -0.05) is 18.2 Å². The zero-order valence-corrected chi connectivity index (χ0v) is 12.3. The molecule has 1 aromatic carbocycles. The van der Waals surface area contributed by atoms with E-state index in [1.54, 1.807) is 4.90 Å². The summed E-state index contributed by atoms with van der Waals surface area (Å²) >= 11 is 0. The maximum atomic E-state index is 12.3. The van der Waals surface area contributed by atoms with E-state index in [9.17, 15) is 9.59 Å². The van der Waals surface area contributed by atoms with E-state index in [0.717, 1.165) is 11.3 Å². The Balaban J connectivity index is 2.87. The van der Waals surface area contributed by atoms with Crippen molar-refractivity contribution in [2.45, 2.75) is 19.8 Å². The van der Waals surface area contributed by atoms with Crippen molar-refractivity contribution in [2.24, 2.45) is 0 Å². The minimum Gasteiger partial charge on any atom is -0.481 e. The minimum absolute atomic E-state index is 0.0470. The molecule has 0 atom stereocenters. The zero-order chi connectivity index (χ0) is 15.1. The first kappa shape index (κ1) is 16.2. The summed E-state index contributed by atoms with van der Waals surface area (Å²) in [4.78, 5) is 26.6. The summed E-state index contributed by atoms with van der Waals surface area (Å²) in [6.45, 7) is 2.77. The van der Waals surface area contributed by atoms with Crippen LogP contribution in [-0.4, -0.2) is 49.1 Å². The minimum atomic E-state index is -0.899. The predicted molar refractivity (Wildman–Crippen MR) is 79.0 cm³/mol. The Morgan fingerprint density at radius 2 is 1.75 bits per heavy atom. The molecular weight excluding hydrogens is 256 g/mol. The van der Waals surface area contributed by atoms with Crippen molar-refractivity contribution in [3.8, 4) is 0 Å². The molecule has 0 aliphatic rings. The summed E-state index contributed by atoms with van der Waals surface area (Å²) in [5.74, 6) is -0.946. The fourth-order valence-electron chi connectivity index (χ4n) is 1.91. The first-order valence-corrected chi connectivity index (χ1v) is 6.64. The number of carbonyl (C=O) groups is 2. The Morgan fingerprint density at radius 3 is 2.30 bits per heavy atom. The van der Waals surface area contributed by atoms with Gasteiger partial charge in [-0.3, -0.25) is 9.59 Å². The highest BCUT2D eigenvalue weighted by atomic mass is 16.4. The lowest BCUT2D eigenvalue weighted by Crippen LogP contribution is -2.35. The number of aryl methyl sites for hydroxylation is 1. The van der Waals surface area contributed by atoms with Gasteiger partial charge < -0.3 is 14.9 Å². The van der Waals surface area contributed by atoms with Crippen LogP contribution >= 0.6 is 0 Å². The van der Waals surface area contributed by atoms with Crippen molar-refractivity contribution in [2.75, 3.05) is 32.1 Å². The lowest BCUT2D eigenvalue weighted by atomic mass is 10.1. The molecule has 0 saturated heterocycles. The predicted octanol–water partition coefficient (Wildman–Crippen LogP) is 1.75. The maximum absolute atomic E-state index is 12.3. The summed E-state index contributed by atoms with van der Waals surface area (Å²) in [6, 6.07) is 7.53. The Labute approximate surface area is 119 Å². The van der Waals surface area contributed by atoms with Crippen LogP contribution in [0.25, 0.3) is 0 Å². The highest BCUT2D eigenvalue weighted by Crippen LogP contribution is 2.20. The lowest BCUT2D eigenvalue weighted by molar-refractivity contribution is -0.136. The number of carbonyl (C=O) groups excluding carboxylic acids is 1. The first-order valence-electron chi connectivity index (χ1n) is 6.64. The molecule has 0 aromatic heterocycles. The lowest BCUT2D eigenvalue weighted by Gasteiger charge is -2.24. The third kappa shape index (κ3) is 5.01. The fraction of sp³-hybridized carbons (Fsp3) is 0.467. The van der Waals surface area contributed by atoms with E-state index < -0.39 is 5.97 Å². The van der Waals surface area contributed by atoms with Gasteiger partial charge >= 0.3 is 5.97 Å². The summed E-state index contributed by atoms with van der Waals surface area (Å²) in [5.41, 5.74) is 1.76. The van der Waals surface area contributed by atoms with Gasteiger partial charge in [0.1, 0.15) is 0 Å². The number of para-hydroxylation sites is 1. The van der Waals surface area contributed by atoms with Crippen LogP contribution in [-0.2, 0) is 9.59 Å². The number of nitrogens with zero attached hydrogens (tertiary/aromatic N) is 2. The van der Waals surface area contributed by atoms with Crippen molar-refractivity contribution in [3.05, 3.63) is 29.8 Å². The Hall–Kier alpha value is -1.88. The average Bonchev–Trinajstić information content (AvgIpc) is 2.38. The van der Waals surface area contributed by atoms with Gasteiger partial charge in [0.25, 0.3) is 0 Å². The number of amides is 1. The SMILES string of the molecule is Cc1ccccc1N(CCC(=O)O)C(=O)CCN(C)C. The number of carboxylic acids is 1. The number of anilines is 1. The molecule has 1 amide bonds. The second-order valence-electron chi connectivity index (χ2n) is 5.03. The van der Waals surface area contributed by atoms with Crippen LogP contribution in [0.3, 0.4) is 0 Å². The molecule has 5 nitrogen and oxygen atoms in total. The fourth-order valence-corrected chi connectivity index (χ4v) is 1.91. The average molecular weight is 278 g/mol. The van der Waals surface area contributed by atoms with Gasteiger partial charge in [-0.2, -0.15) is 0 Å². The number of aliphatic carboxylic acids is 1. The molecule has 110 valence electrons. The van der Waals surface area contributed by atoms with E-state index in [-0.39, 0.29) is 18.9 Å². The largest absolute Gasteiger partial charge is 0.481 e. The number of hydrogen-bond acceptors (Lipinski definition) is 3. The van der Waals surface area contributed by atoms with Gasteiger partial charge in [0.2, 0.25) is 5.91 Å². The number of carboxylic acid groups (broad SMARTS) is 1. The van der Waals surface area contributed by atoms with Crippen LogP contribution in [0.2, 0.25) is 0 Å². The summed E-state index contributed by atoms with van der Waals surface area (Å²) in [5, 5.41) is 8.83. The molecule has 20 heavy (non-hydrogen) atoms. The monoisotopic (exact) mass is 278 g/mol. The van der Waals surface area contributed by atoms with E-state index in [1.165, 1.54) is 0 Å². The third-order valence-electron chi connectivity index (χ3n) is 3.03. The Bertz CT molecular complexity index is 472. The van der Waals surface area contributed by atoms with Crippen LogP contribution in [0.5, 0.6) is 0 Å².